The molecule has 5 heteroatoms. The Hall–Kier alpha value is -2.27. The van der Waals surface area contributed by atoms with Crippen molar-refractivity contribution in [3.8, 4) is 5.75 Å². The average Bonchev–Trinajstić information content (AvgIpc) is 2.70. The van der Waals surface area contributed by atoms with Crippen molar-refractivity contribution < 1.29 is 19.4 Å². The molecule has 2 aromatic carbocycles. The van der Waals surface area contributed by atoms with E-state index in [0.29, 0.717) is 11.3 Å². The van der Waals surface area contributed by atoms with Crippen LogP contribution in [0.25, 0.3) is 0 Å². The van der Waals surface area contributed by atoms with Crippen molar-refractivity contribution in [3.63, 3.8) is 0 Å². The van der Waals surface area contributed by atoms with Gasteiger partial charge in [-0.05, 0) is 56.1 Å². The highest BCUT2D eigenvalue weighted by Gasteiger charge is 2.19. The molecule has 0 spiro atoms. The molecule has 0 bridgehead atoms. The van der Waals surface area contributed by atoms with Gasteiger partial charge in [0.1, 0.15) is 0 Å². The molecule has 0 radical (unpaired) electrons. The number of ketones is 1. The molecule has 0 aliphatic heterocycles. The lowest BCUT2D eigenvalue weighted by molar-refractivity contribution is -0.211. The van der Waals surface area contributed by atoms with Crippen LogP contribution in [0.3, 0.4) is 0 Å². The van der Waals surface area contributed by atoms with Gasteiger partial charge in [0.15, 0.2) is 11.5 Å². The Morgan fingerprint density at radius 2 is 1.69 bits per heavy atom. The number of Topliss-reactive ketones (excluding diaryl/α,β-unsaturated/α-hetero) is 1. The monoisotopic (exact) mass is 414 g/mol. The fourth-order valence-electron chi connectivity index (χ4n) is 3.14. The van der Waals surface area contributed by atoms with Crippen molar-refractivity contribution in [3.05, 3.63) is 59.2 Å². The largest absolute Gasteiger partial charge is 0.352 e. The van der Waals surface area contributed by atoms with E-state index in [2.05, 4.69) is 31.2 Å². The van der Waals surface area contributed by atoms with Gasteiger partial charge in [0.2, 0.25) is 0 Å². The third-order valence-corrected chi connectivity index (χ3v) is 5.74. The Morgan fingerprint density at radius 3 is 2.34 bits per heavy atom. The second-order valence-corrected chi connectivity index (χ2v) is 8.16. The number of benzene rings is 2. The molecule has 29 heavy (non-hydrogen) atoms. The first kappa shape index (κ1) is 23.0. The molecule has 0 saturated heterocycles. The number of rotatable bonds is 12. The zero-order chi connectivity index (χ0) is 21.1. The quantitative estimate of drug-likeness (QED) is 0.136. The predicted octanol–water partition coefficient (Wildman–Crippen LogP) is 6.20. The van der Waals surface area contributed by atoms with Gasteiger partial charge < -0.3 is 0 Å². The summed E-state index contributed by atoms with van der Waals surface area (Å²) in [5.74, 6) is 0.724. The van der Waals surface area contributed by atoms with Crippen molar-refractivity contribution in [2.45, 2.75) is 64.2 Å². The van der Waals surface area contributed by atoms with Crippen LogP contribution in [0.4, 0.5) is 0 Å². The number of thioether (sulfide) groups is 1. The topological polar surface area (TPSA) is 52.6 Å². The Morgan fingerprint density at radius 1 is 0.931 bits per heavy atom. The van der Waals surface area contributed by atoms with Gasteiger partial charge in [0.25, 0.3) is 0 Å². The lowest BCUT2D eigenvalue weighted by Gasteiger charge is -2.16. The second kappa shape index (κ2) is 12.3. The van der Waals surface area contributed by atoms with Crippen LogP contribution in [-0.2, 0) is 22.5 Å². The lowest BCUT2D eigenvalue weighted by atomic mass is 10.0. The van der Waals surface area contributed by atoms with E-state index in [0.717, 1.165) is 41.9 Å². The SMILES string of the molecule is CCCc1c(SCCCCCc2ccccc2)ccc(C(C)=O)c1OOC(C)=O. The first-order chi connectivity index (χ1) is 14.0. The number of hydrogen-bond donors (Lipinski definition) is 0. The smallest absolute Gasteiger partial charge is 0.294 e. The first-order valence-electron chi connectivity index (χ1n) is 10.2. The standard InChI is InChI=1S/C24H30O4S/c1-4-11-22-23(16-15-21(18(2)25)24(22)28-27-19(3)26)29-17-10-6-9-14-20-12-7-5-8-13-20/h5,7-8,12-13,15-16H,4,6,9-11,14,17H2,1-3H3. The molecule has 0 heterocycles. The Bertz CT molecular complexity index is 802. The summed E-state index contributed by atoms with van der Waals surface area (Å²) in [6.07, 6.45) is 6.25. The third kappa shape index (κ3) is 7.58. The lowest BCUT2D eigenvalue weighted by Crippen LogP contribution is -2.09. The molecule has 4 nitrogen and oxygen atoms in total. The minimum atomic E-state index is -0.543. The van der Waals surface area contributed by atoms with Crippen molar-refractivity contribution in [1.82, 2.24) is 0 Å². The average molecular weight is 415 g/mol. The van der Waals surface area contributed by atoms with E-state index in [-0.39, 0.29) is 5.78 Å². The maximum absolute atomic E-state index is 12.0. The number of unbranched alkanes of at least 4 members (excludes halogenated alkanes) is 2. The molecule has 2 aromatic rings. The summed E-state index contributed by atoms with van der Waals surface area (Å²) in [7, 11) is 0. The van der Waals surface area contributed by atoms with E-state index in [1.807, 2.05) is 12.1 Å². The van der Waals surface area contributed by atoms with E-state index < -0.39 is 5.97 Å². The fourth-order valence-corrected chi connectivity index (χ4v) is 4.24. The van der Waals surface area contributed by atoms with Crippen LogP contribution in [0.5, 0.6) is 5.75 Å². The minimum absolute atomic E-state index is 0.109. The summed E-state index contributed by atoms with van der Waals surface area (Å²) in [5, 5.41) is 0. The van der Waals surface area contributed by atoms with Crippen LogP contribution < -0.4 is 4.89 Å². The normalized spacial score (nSPS) is 10.6. The molecular weight excluding hydrogens is 384 g/mol. The Balaban J connectivity index is 1.98. The van der Waals surface area contributed by atoms with E-state index >= 15 is 0 Å². The number of carbonyl (C=O) groups is 2. The van der Waals surface area contributed by atoms with Crippen molar-refractivity contribution in [1.29, 1.82) is 0 Å². The molecule has 0 aromatic heterocycles. The van der Waals surface area contributed by atoms with Crippen LogP contribution in [0.2, 0.25) is 0 Å². The molecule has 0 N–H and O–H groups in total. The molecule has 0 unspecified atom stereocenters. The minimum Gasteiger partial charge on any atom is -0.294 e. The Labute approximate surface area is 177 Å². The molecule has 0 amide bonds. The summed E-state index contributed by atoms with van der Waals surface area (Å²) in [5.41, 5.74) is 2.77. The summed E-state index contributed by atoms with van der Waals surface area (Å²) < 4.78 is 0. The first-order valence-corrected chi connectivity index (χ1v) is 11.2. The van der Waals surface area contributed by atoms with Gasteiger partial charge in [-0.15, -0.1) is 11.8 Å². The summed E-state index contributed by atoms with van der Waals surface area (Å²) >= 11 is 1.77. The van der Waals surface area contributed by atoms with Crippen molar-refractivity contribution in [2.75, 3.05) is 5.75 Å². The molecular formula is C24H30O4S. The third-order valence-electron chi connectivity index (χ3n) is 4.55. The van der Waals surface area contributed by atoms with E-state index in [4.69, 9.17) is 9.78 Å². The van der Waals surface area contributed by atoms with E-state index in [1.165, 1.54) is 32.3 Å². The zero-order valence-electron chi connectivity index (χ0n) is 17.5. The van der Waals surface area contributed by atoms with Crippen LogP contribution in [0, 0.1) is 0 Å². The van der Waals surface area contributed by atoms with Gasteiger partial charge in [0.05, 0.1) is 5.56 Å². The van der Waals surface area contributed by atoms with Gasteiger partial charge in [0, 0.05) is 17.4 Å². The molecule has 0 aliphatic rings. The highest BCUT2D eigenvalue weighted by Crippen LogP contribution is 2.35. The van der Waals surface area contributed by atoms with Gasteiger partial charge in [-0.25, -0.2) is 4.79 Å². The number of carbonyl (C=O) groups excluding carboxylic acids is 2. The molecule has 156 valence electrons. The van der Waals surface area contributed by atoms with E-state index in [9.17, 15) is 9.59 Å². The van der Waals surface area contributed by atoms with Gasteiger partial charge in [-0.2, -0.15) is 0 Å². The Kier molecular flexibility index (Phi) is 9.78. The highest BCUT2D eigenvalue weighted by molar-refractivity contribution is 7.99. The molecule has 0 fully saturated rings. The van der Waals surface area contributed by atoms with Gasteiger partial charge in [-0.1, -0.05) is 50.1 Å². The second-order valence-electron chi connectivity index (χ2n) is 7.03. The van der Waals surface area contributed by atoms with Crippen LogP contribution in [0.15, 0.2) is 47.4 Å². The summed E-state index contributed by atoms with van der Waals surface area (Å²) in [6.45, 7) is 4.85. The van der Waals surface area contributed by atoms with Crippen LogP contribution in [0.1, 0.15) is 67.9 Å². The highest BCUT2D eigenvalue weighted by atomic mass is 32.2. The van der Waals surface area contributed by atoms with Crippen LogP contribution in [-0.4, -0.2) is 17.5 Å². The predicted molar refractivity (Wildman–Crippen MR) is 118 cm³/mol. The molecule has 0 atom stereocenters. The summed E-state index contributed by atoms with van der Waals surface area (Å²) in [4.78, 5) is 34.3. The van der Waals surface area contributed by atoms with Gasteiger partial charge in [-0.3, -0.25) is 14.6 Å². The number of hydrogen-bond acceptors (Lipinski definition) is 5. The molecule has 2 rings (SSSR count). The van der Waals surface area contributed by atoms with Crippen molar-refractivity contribution >= 4 is 23.5 Å². The number of aryl methyl sites for hydroxylation is 1. The maximum atomic E-state index is 12.0. The van der Waals surface area contributed by atoms with Crippen LogP contribution >= 0.6 is 11.8 Å². The molecule has 0 aliphatic carbocycles. The van der Waals surface area contributed by atoms with Gasteiger partial charge >= 0.3 is 5.97 Å². The fraction of sp³-hybridized carbons (Fsp3) is 0.417. The van der Waals surface area contributed by atoms with E-state index in [1.54, 1.807) is 17.8 Å². The maximum Gasteiger partial charge on any atom is 0.352 e. The summed E-state index contributed by atoms with van der Waals surface area (Å²) in [6, 6.07) is 14.3. The zero-order valence-corrected chi connectivity index (χ0v) is 18.3. The van der Waals surface area contributed by atoms with Crippen molar-refractivity contribution in [2.24, 2.45) is 0 Å². The molecule has 0 saturated carbocycles.